The third-order valence-corrected chi connectivity index (χ3v) is 5.27. The van der Waals surface area contributed by atoms with Gasteiger partial charge in [-0.2, -0.15) is 5.10 Å². The van der Waals surface area contributed by atoms with Crippen LogP contribution >= 0.6 is 11.3 Å². The zero-order valence-corrected chi connectivity index (χ0v) is 16.0. The lowest BCUT2D eigenvalue weighted by Crippen LogP contribution is -1.94. The monoisotopic (exact) mass is 401 g/mol. The summed E-state index contributed by atoms with van der Waals surface area (Å²) in [5, 5.41) is 5.19. The SMILES string of the molecule is C(=N\Nc1ccc2c(c1)OCO2)/c1cccc(-c2cnc(-c3cccnc3)s2)n1. The zero-order valence-electron chi connectivity index (χ0n) is 15.1. The lowest BCUT2D eigenvalue weighted by atomic mass is 10.3. The first-order valence-electron chi connectivity index (χ1n) is 8.87. The van der Waals surface area contributed by atoms with Crippen molar-refractivity contribution in [2.45, 2.75) is 0 Å². The summed E-state index contributed by atoms with van der Waals surface area (Å²) in [6, 6.07) is 15.3. The Morgan fingerprint density at radius 3 is 2.93 bits per heavy atom. The van der Waals surface area contributed by atoms with Gasteiger partial charge in [0.2, 0.25) is 6.79 Å². The minimum atomic E-state index is 0.249. The Kier molecular flexibility index (Phi) is 4.59. The standard InChI is InChI=1S/C21H15N5O2S/c1-4-16(11-24-26-15-6-7-18-19(9-15)28-13-27-18)25-17(5-1)20-12-23-21(29-20)14-3-2-8-22-10-14/h1-12,26H,13H2/b24-11+. The highest BCUT2D eigenvalue weighted by molar-refractivity contribution is 7.18. The van der Waals surface area contributed by atoms with Crippen molar-refractivity contribution in [3.8, 4) is 32.6 Å². The highest BCUT2D eigenvalue weighted by Crippen LogP contribution is 2.34. The van der Waals surface area contributed by atoms with Crippen LogP contribution in [0.2, 0.25) is 0 Å². The fraction of sp³-hybridized carbons (Fsp3) is 0.0476. The predicted molar refractivity (Wildman–Crippen MR) is 112 cm³/mol. The quantitative estimate of drug-likeness (QED) is 0.393. The minimum absolute atomic E-state index is 0.249. The van der Waals surface area contributed by atoms with Crippen molar-refractivity contribution in [2.75, 3.05) is 12.2 Å². The number of nitrogens with zero attached hydrogens (tertiary/aromatic N) is 4. The van der Waals surface area contributed by atoms with Gasteiger partial charge in [-0.05, 0) is 36.4 Å². The normalized spacial score (nSPS) is 12.4. The van der Waals surface area contributed by atoms with E-state index >= 15 is 0 Å². The van der Waals surface area contributed by atoms with Crippen molar-refractivity contribution in [3.05, 3.63) is 72.8 Å². The van der Waals surface area contributed by atoms with Crippen LogP contribution in [0.15, 0.2) is 72.2 Å². The molecule has 142 valence electrons. The summed E-state index contributed by atoms with van der Waals surface area (Å²) in [5.41, 5.74) is 6.38. The van der Waals surface area contributed by atoms with Crippen molar-refractivity contribution in [1.29, 1.82) is 0 Å². The first kappa shape index (κ1) is 17.3. The summed E-state index contributed by atoms with van der Waals surface area (Å²) in [6.45, 7) is 0.249. The molecule has 0 bridgehead atoms. The number of rotatable bonds is 5. The van der Waals surface area contributed by atoms with Crippen LogP contribution in [0.3, 0.4) is 0 Å². The molecule has 7 nitrogen and oxygen atoms in total. The van der Waals surface area contributed by atoms with E-state index in [2.05, 4.69) is 25.5 Å². The van der Waals surface area contributed by atoms with Gasteiger partial charge in [-0.15, -0.1) is 11.3 Å². The molecule has 0 radical (unpaired) electrons. The number of pyridine rings is 2. The highest BCUT2D eigenvalue weighted by Gasteiger charge is 2.13. The third kappa shape index (κ3) is 3.78. The maximum Gasteiger partial charge on any atom is 0.231 e. The lowest BCUT2D eigenvalue weighted by Gasteiger charge is -2.02. The van der Waals surface area contributed by atoms with Gasteiger partial charge in [0, 0.05) is 30.2 Å². The molecule has 4 aromatic rings. The molecule has 4 heterocycles. The van der Waals surface area contributed by atoms with Gasteiger partial charge < -0.3 is 9.47 Å². The van der Waals surface area contributed by atoms with Crippen molar-refractivity contribution >= 4 is 23.2 Å². The molecule has 1 aromatic carbocycles. The molecule has 0 fully saturated rings. The predicted octanol–water partition coefficient (Wildman–Crippen LogP) is 4.44. The summed E-state index contributed by atoms with van der Waals surface area (Å²) in [5.74, 6) is 1.45. The first-order chi connectivity index (χ1) is 14.3. The first-order valence-corrected chi connectivity index (χ1v) is 9.69. The number of hydrogen-bond donors (Lipinski definition) is 1. The second kappa shape index (κ2) is 7.69. The molecule has 8 heteroatoms. The van der Waals surface area contributed by atoms with Crippen LogP contribution in [0.5, 0.6) is 11.5 Å². The van der Waals surface area contributed by atoms with E-state index in [-0.39, 0.29) is 6.79 Å². The summed E-state index contributed by atoms with van der Waals surface area (Å²) in [7, 11) is 0. The van der Waals surface area contributed by atoms with E-state index in [0.717, 1.165) is 38.3 Å². The number of benzene rings is 1. The number of hydrogen-bond acceptors (Lipinski definition) is 8. The van der Waals surface area contributed by atoms with Gasteiger partial charge in [-0.3, -0.25) is 10.4 Å². The Morgan fingerprint density at radius 2 is 2.00 bits per heavy atom. The number of anilines is 1. The summed E-state index contributed by atoms with van der Waals surface area (Å²) < 4.78 is 10.7. The maximum absolute atomic E-state index is 5.37. The lowest BCUT2D eigenvalue weighted by molar-refractivity contribution is 0.174. The Bertz CT molecular complexity index is 1180. The van der Waals surface area contributed by atoms with E-state index in [9.17, 15) is 0 Å². The van der Waals surface area contributed by atoms with Crippen molar-refractivity contribution in [1.82, 2.24) is 15.0 Å². The van der Waals surface area contributed by atoms with Crippen LogP contribution in [0.25, 0.3) is 21.1 Å². The van der Waals surface area contributed by atoms with E-state index in [1.807, 2.05) is 54.7 Å². The van der Waals surface area contributed by atoms with Gasteiger partial charge in [0.1, 0.15) is 5.01 Å². The van der Waals surface area contributed by atoms with Crippen LogP contribution in [0.1, 0.15) is 5.69 Å². The molecule has 1 aliphatic rings. The highest BCUT2D eigenvalue weighted by atomic mass is 32.1. The van der Waals surface area contributed by atoms with Gasteiger partial charge >= 0.3 is 0 Å². The van der Waals surface area contributed by atoms with Crippen LogP contribution in [-0.4, -0.2) is 28.0 Å². The topological polar surface area (TPSA) is 81.5 Å². The molecular weight excluding hydrogens is 386 g/mol. The average molecular weight is 401 g/mol. The second-order valence-electron chi connectivity index (χ2n) is 6.16. The molecule has 1 N–H and O–H groups in total. The Labute approximate surface area is 170 Å². The van der Waals surface area contributed by atoms with Gasteiger partial charge in [0.25, 0.3) is 0 Å². The molecular formula is C21H15N5O2S. The number of ether oxygens (including phenoxy) is 2. The summed E-state index contributed by atoms with van der Waals surface area (Å²) in [4.78, 5) is 14.3. The Hall–Kier alpha value is -3.78. The molecule has 0 aliphatic carbocycles. The van der Waals surface area contributed by atoms with Gasteiger partial charge in [-0.25, -0.2) is 9.97 Å². The zero-order chi connectivity index (χ0) is 19.5. The fourth-order valence-electron chi connectivity index (χ4n) is 2.81. The summed E-state index contributed by atoms with van der Waals surface area (Å²) >= 11 is 1.58. The molecule has 0 saturated carbocycles. The molecule has 0 saturated heterocycles. The molecule has 5 rings (SSSR count). The van der Waals surface area contributed by atoms with Gasteiger partial charge in [0.05, 0.1) is 28.2 Å². The average Bonchev–Trinajstić information content (AvgIpc) is 3.44. The van der Waals surface area contributed by atoms with Crippen LogP contribution in [0, 0.1) is 0 Å². The molecule has 1 aliphatic heterocycles. The van der Waals surface area contributed by atoms with E-state index in [0.29, 0.717) is 5.75 Å². The number of aromatic nitrogens is 3. The van der Waals surface area contributed by atoms with E-state index in [1.165, 1.54) is 0 Å². The van der Waals surface area contributed by atoms with Crippen LogP contribution < -0.4 is 14.9 Å². The summed E-state index contributed by atoms with van der Waals surface area (Å²) in [6.07, 6.45) is 7.07. The number of nitrogens with one attached hydrogen (secondary N) is 1. The number of fused-ring (bicyclic) bond motifs is 1. The fourth-order valence-corrected chi connectivity index (χ4v) is 3.69. The second-order valence-corrected chi connectivity index (χ2v) is 7.19. The third-order valence-electron chi connectivity index (χ3n) is 4.20. The van der Waals surface area contributed by atoms with Crippen molar-refractivity contribution in [3.63, 3.8) is 0 Å². The van der Waals surface area contributed by atoms with E-state index in [1.54, 1.807) is 29.9 Å². The van der Waals surface area contributed by atoms with E-state index in [4.69, 9.17) is 9.47 Å². The Morgan fingerprint density at radius 1 is 1.03 bits per heavy atom. The molecule has 0 spiro atoms. The molecule has 29 heavy (non-hydrogen) atoms. The van der Waals surface area contributed by atoms with E-state index < -0.39 is 0 Å². The van der Waals surface area contributed by atoms with Gasteiger partial charge in [0.15, 0.2) is 11.5 Å². The molecule has 3 aromatic heterocycles. The number of thiazole rings is 1. The molecule has 0 unspecified atom stereocenters. The van der Waals surface area contributed by atoms with Crippen molar-refractivity contribution < 1.29 is 9.47 Å². The van der Waals surface area contributed by atoms with Crippen LogP contribution in [-0.2, 0) is 0 Å². The largest absolute Gasteiger partial charge is 0.454 e. The maximum atomic E-state index is 5.37. The number of hydrazone groups is 1. The Balaban J connectivity index is 1.31. The minimum Gasteiger partial charge on any atom is -0.454 e. The molecule has 0 atom stereocenters. The van der Waals surface area contributed by atoms with Crippen LogP contribution in [0.4, 0.5) is 5.69 Å². The molecule has 0 amide bonds. The van der Waals surface area contributed by atoms with Crippen molar-refractivity contribution in [2.24, 2.45) is 5.10 Å². The smallest absolute Gasteiger partial charge is 0.231 e. The van der Waals surface area contributed by atoms with Gasteiger partial charge in [-0.1, -0.05) is 6.07 Å².